The van der Waals surface area contributed by atoms with Crippen LogP contribution in [0.3, 0.4) is 0 Å². The van der Waals surface area contributed by atoms with Gasteiger partial charge in [-0.25, -0.2) is 0 Å². The Labute approximate surface area is 147 Å². The summed E-state index contributed by atoms with van der Waals surface area (Å²) in [7, 11) is 0. The van der Waals surface area contributed by atoms with Crippen molar-refractivity contribution in [2.45, 2.75) is 32.1 Å². The summed E-state index contributed by atoms with van der Waals surface area (Å²) >= 11 is 0. The number of imide groups is 1. The number of carbonyl (C=O) groups is 3. The number of amides is 3. The minimum Gasteiger partial charge on any atom is -0.339 e. The van der Waals surface area contributed by atoms with Gasteiger partial charge in [-0.3, -0.25) is 19.3 Å². The molecular formula is C20H22N2O3. The van der Waals surface area contributed by atoms with Crippen LogP contribution in [0.15, 0.2) is 36.4 Å². The van der Waals surface area contributed by atoms with Crippen LogP contribution in [0, 0.1) is 11.8 Å². The predicted molar refractivity (Wildman–Crippen MR) is 94.0 cm³/mol. The van der Waals surface area contributed by atoms with E-state index in [2.05, 4.69) is 0 Å². The highest BCUT2D eigenvalue weighted by molar-refractivity contribution is 6.22. The zero-order valence-electron chi connectivity index (χ0n) is 14.2. The van der Waals surface area contributed by atoms with Crippen LogP contribution in [0.2, 0.25) is 0 Å². The summed E-state index contributed by atoms with van der Waals surface area (Å²) in [5, 5.41) is 0. The molecule has 0 radical (unpaired) electrons. The van der Waals surface area contributed by atoms with Crippen molar-refractivity contribution in [3.63, 3.8) is 0 Å². The average molecular weight is 338 g/mol. The Balaban J connectivity index is 1.53. The highest BCUT2D eigenvalue weighted by Crippen LogP contribution is 2.37. The van der Waals surface area contributed by atoms with Crippen molar-refractivity contribution in [3.8, 4) is 0 Å². The average Bonchev–Trinajstić information content (AvgIpc) is 2.93. The number of rotatable bonds is 2. The molecule has 2 unspecified atom stereocenters. The topological polar surface area (TPSA) is 57.7 Å². The fraction of sp³-hybridized carbons (Fsp3) is 0.450. The first-order valence-corrected chi connectivity index (χ1v) is 9.09. The lowest BCUT2D eigenvalue weighted by atomic mass is 9.85. The smallest absolute Gasteiger partial charge is 0.253 e. The van der Waals surface area contributed by atoms with Crippen LogP contribution >= 0.6 is 0 Å². The number of hydrogen-bond donors (Lipinski definition) is 0. The maximum atomic E-state index is 12.6. The monoisotopic (exact) mass is 338 g/mol. The summed E-state index contributed by atoms with van der Waals surface area (Å²) in [6, 6.07) is 6.90. The Hall–Kier alpha value is -2.43. The van der Waals surface area contributed by atoms with E-state index in [4.69, 9.17) is 0 Å². The summed E-state index contributed by atoms with van der Waals surface area (Å²) in [4.78, 5) is 40.9. The maximum Gasteiger partial charge on any atom is 0.253 e. The number of piperidine rings is 1. The normalized spacial score (nSPS) is 26.1. The molecule has 5 heteroatoms. The SMILES string of the molecule is O=C(c1ccc(N2C(=O)C3CC=CCC3C2=O)cc1)N1CCCCC1. The molecule has 5 nitrogen and oxygen atoms in total. The van der Waals surface area contributed by atoms with Gasteiger partial charge in [0.15, 0.2) is 0 Å². The molecule has 3 amide bonds. The molecule has 0 bridgehead atoms. The number of benzene rings is 1. The van der Waals surface area contributed by atoms with E-state index in [0.717, 1.165) is 25.9 Å². The van der Waals surface area contributed by atoms with Gasteiger partial charge in [0.1, 0.15) is 0 Å². The molecule has 2 heterocycles. The van der Waals surface area contributed by atoms with Crippen molar-refractivity contribution in [1.82, 2.24) is 4.90 Å². The van der Waals surface area contributed by atoms with Gasteiger partial charge in [-0.2, -0.15) is 0 Å². The molecule has 0 spiro atoms. The fourth-order valence-electron chi connectivity index (χ4n) is 4.09. The highest BCUT2D eigenvalue weighted by atomic mass is 16.2. The molecule has 4 rings (SSSR count). The lowest BCUT2D eigenvalue weighted by Gasteiger charge is -2.26. The number of allylic oxidation sites excluding steroid dienone is 2. The fourth-order valence-corrected chi connectivity index (χ4v) is 4.09. The van der Waals surface area contributed by atoms with Crippen LogP contribution in [0.1, 0.15) is 42.5 Å². The standard InChI is InChI=1S/C20H22N2O3/c23-18(21-12-4-1-5-13-21)14-8-10-15(11-9-14)22-19(24)16-6-2-3-7-17(16)20(22)25/h2-3,8-11,16-17H,1,4-7,12-13H2. The van der Waals surface area contributed by atoms with Gasteiger partial charge in [-0.15, -0.1) is 0 Å². The van der Waals surface area contributed by atoms with E-state index in [-0.39, 0.29) is 29.6 Å². The second-order valence-corrected chi connectivity index (χ2v) is 7.07. The molecular weight excluding hydrogens is 316 g/mol. The van der Waals surface area contributed by atoms with Crippen LogP contribution < -0.4 is 4.90 Å². The molecule has 3 aliphatic rings. The summed E-state index contributed by atoms with van der Waals surface area (Å²) in [6.45, 7) is 1.61. The number of carbonyl (C=O) groups excluding carboxylic acids is 3. The molecule has 1 aliphatic carbocycles. The Morgan fingerprint density at radius 2 is 1.40 bits per heavy atom. The molecule has 25 heavy (non-hydrogen) atoms. The van der Waals surface area contributed by atoms with Crippen LogP contribution in [0.25, 0.3) is 0 Å². The molecule has 2 saturated heterocycles. The second kappa shape index (κ2) is 6.47. The summed E-state index contributed by atoms with van der Waals surface area (Å²) in [5.74, 6) is -0.661. The summed E-state index contributed by atoms with van der Waals surface area (Å²) in [6.07, 6.45) is 8.52. The van der Waals surface area contributed by atoms with E-state index >= 15 is 0 Å². The zero-order valence-corrected chi connectivity index (χ0v) is 14.2. The van der Waals surface area contributed by atoms with Gasteiger partial charge in [0.25, 0.3) is 5.91 Å². The number of likely N-dealkylation sites (tertiary alicyclic amines) is 1. The van der Waals surface area contributed by atoms with Gasteiger partial charge >= 0.3 is 0 Å². The molecule has 2 aliphatic heterocycles. The van der Waals surface area contributed by atoms with Crippen molar-refractivity contribution < 1.29 is 14.4 Å². The number of hydrogen-bond acceptors (Lipinski definition) is 3. The van der Waals surface area contributed by atoms with Crippen LogP contribution in [-0.4, -0.2) is 35.7 Å². The van der Waals surface area contributed by atoms with E-state index in [9.17, 15) is 14.4 Å². The predicted octanol–water partition coefficient (Wildman–Crippen LogP) is 2.77. The molecule has 1 aromatic rings. The second-order valence-electron chi connectivity index (χ2n) is 7.07. The van der Waals surface area contributed by atoms with E-state index in [1.54, 1.807) is 24.3 Å². The maximum absolute atomic E-state index is 12.6. The van der Waals surface area contributed by atoms with Crippen molar-refractivity contribution in [3.05, 3.63) is 42.0 Å². The molecule has 0 saturated carbocycles. The first-order chi connectivity index (χ1) is 12.2. The molecule has 130 valence electrons. The minimum atomic E-state index is -0.229. The largest absolute Gasteiger partial charge is 0.339 e. The van der Waals surface area contributed by atoms with Gasteiger partial charge in [0, 0.05) is 18.7 Å². The third kappa shape index (κ3) is 2.77. The van der Waals surface area contributed by atoms with E-state index < -0.39 is 0 Å². The first kappa shape index (κ1) is 16.1. The Morgan fingerprint density at radius 1 is 0.840 bits per heavy atom. The Morgan fingerprint density at radius 3 is 1.96 bits per heavy atom. The van der Waals surface area contributed by atoms with Gasteiger partial charge in [0.2, 0.25) is 11.8 Å². The number of anilines is 1. The van der Waals surface area contributed by atoms with Crippen molar-refractivity contribution in [2.24, 2.45) is 11.8 Å². The van der Waals surface area contributed by atoms with Gasteiger partial charge < -0.3 is 4.90 Å². The third-order valence-electron chi connectivity index (χ3n) is 5.52. The Kier molecular flexibility index (Phi) is 4.15. The van der Waals surface area contributed by atoms with Crippen LogP contribution in [0.5, 0.6) is 0 Å². The lowest BCUT2D eigenvalue weighted by molar-refractivity contribution is -0.122. The number of nitrogens with zero attached hydrogens (tertiary/aromatic N) is 2. The highest BCUT2D eigenvalue weighted by Gasteiger charge is 2.47. The van der Waals surface area contributed by atoms with E-state index in [0.29, 0.717) is 24.1 Å². The molecule has 2 fully saturated rings. The van der Waals surface area contributed by atoms with Crippen molar-refractivity contribution in [2.75, 3.05) is 18.0 Å². The van der Waals surface area contributed by atoms with Gasteiger partial charge in [-0.05, 0) is 56.4 Å². The molecule has 1 aromatic carbocycles. The number of fused-ring (bicyclic) bond motifs is 1. The minimum absolute atomic E-state index is 0.0307. The van der Waals surface area contributed by atoms with Crippen molar-refractivity contribution >= 4 is 23.4 Å². The Bertz CT molecular complexity index is 706. The first-order valence-electron chi connectivity index (χ1n) is 9.09. The quantitative estimate of drug-likeness (QED) is 0.615. The lowest BCUT2D eigenvalue weighted by Crippen LogP contribution is -2.35. The molecule has 2 atom stereocenters. The molecule has 0 aromatic heterocycles. The van der Waals surface area contributed by atoms with Crippen LogP contribution in [-0.2, 0) is 9.59 Å². The summed E-state index contributed by atoms with van der Waals surface area (Å²) < 4.78 is 0. The van der Waals surface area contributed by atoms with E-state index in [1.165, 1.54) is 11.3 Å². The van der Waals surface area contributed by atoms with E-state index in [1.807, 2.05) is 17.1 Å². The third-order valence-corrected chi connectivity index (χ3v) is 5.52. The van der Waals surface area contributed by atoms with Crippen molar-refractivity contribution in [1.29, 1.82) is 0 Å². The van der Waals surface area contributed by atoms with Gasteiger partial charge in [0.05, 0.1) is 17.5 Å². The van der Waals surface area contributed by atoms with Gasteiger partial charge in [-0.1, -0.05) is 12.2 Å². The zero-order chi connectivity index (χ0) is 17.4. The summed E-state index contributed by atoms with van der Waals surface area (Å²) in [5.41, 5.74) is 1.18. The van der Waals surface area contributed by atoms with Crippen LogP contribution in [0.4, 0.5) is 5.69 Å². The molecule has 0 N–H and O–H groups in total.